The lowest BCUT2D eigenvalue weighted by atomic mass is 9.62. The summed E-state index contributed by atoms with van der Waals surface area (Å²) < 4.78 is 0. The maximum atomic E-state index is 12.7. The number of carbonyl (C=O) groups is 2. The Bertz CT molecular complexity index is 663. The highest BCUT2D eigenvalue weighted by molar-refractivity contribution is 5.96. The minimum atomic E-state index is -0.839. The molecule has 0 unspecified atom stereocenters. The number of fused-ring (bicyclic) bond motifs is 1. The first-order chi connectivity index (χ1) is 10.6. The summed E-state index contributed by atoms with van der Waals surface area (Å²) in [4.78, 5) is 24.4. The van der Waals surface area contributed by atoms with E-state index in [1.165, 1.54) is 0 Å². The summed E-state index contributed by atoms with van der Waals surface area (Å²) in [5.74, 6) is -0.904. The van der Waals surface area contributed by atoms with Crippen molar-refractivity contribution in [3.05, 3.63) is 42.0 Å². The summed E-state index contributed by atoms with van der Waals surface area (Å²) in [5.41, 5.74) is 1.86. The van der Waals surface area contributed by atoms with Gasteiger partial charge in [0, 0.05) is 5.69 Å². The maximum absolute atomic E-state index is 12.7. The number of nitrogens with one attached hydrogen (secondary N) is 1. The Hall–Kier alpha value is -2.10. The van der Waals surface area contributed by atoms with Gasteiger partial charge in [-0.05, 0) is 49.1 Å². The first-order valence-corrected chi connectivity index (χ1v) is 7.85. The predicted octanol–water partition coefficient (Wildman–Crippen LogP) is 2.70. The predicted molar refractivity (Wildman–Crippen MR) is 82.1 cm³/mol. The summed E-state index contributed by atoms with van der Waals surface area (Å²) in [6.45, 7) is 1.99. The molecule has 0 aliphatic heterocycles. The number of carbonyl (C=O) groups excluding carboxylic acids is 1. The Kier molecular flexibility index (Phi) is 2.90. The molecule has 4 aliphatic rings. The number of benzene rings is 1. The minimum absolute atomic E-state index is 0.0290. The highest BCUT2D eigenvalue weighted by atomic mass is 16.4. The quantitative estimate of drug-likeness (QED) is 0.843. The van der Waals surface area contributed by atoms with Crippen molar-refractivity contribution in [2.75, 3.05) is 5.32 Å². The number of aliphatic carboxylic acids is 1. The van der Waals surface area contributed by atoms with E-state index < -0.39 is 17.8 Å². The molecule has 1 aromatic rings. The van der Waals surface area contributed by atoms with Crippen LogP contribution in [-0.4, -0.2) is 17.0 Å². The van der Waals surface area contributed by atoms with E-state index in [4.69, 9.17) is 0 Å². The molecule has 0 aromatic heterocycles. The second-order valence-electron chi connectivity index (χ2n) is 6.85. The Morgan fingerprint density at radius 1 is 1.05 bits per heavy atom. The van der Waals surface area contributed by atoms with Crippen LogP contribution in [0, 0.1) is 42.4 Å². The van der Waals surface area contributed by atoms with Gasteiger partial charge in [-0.2, -0.15) is 0 Å². The van der Waals surface area contributed by atoms with E-state index in [-0.39, 0.29) is 17.7 Å². The molecule has 5 rings (SSSR count). The SMILES string of the molecule is Cc1ccc(NC(=O)[C@@H]2[C@H]3C=C[C@@H]([C@@H]4C[C@@H]34)[C@@H]2C(=O)O)cc1. The second-order valence-corrected chi connectivity index (χ2v) is 6.85. The second kappa shape index (κ2) is 4.70. The van der Waals surface area contributed by atoms with Crippen molar-refractivity contribution in [2.24, 2.45) is 35.5 Å². The van der Waals surface area contributed by atoms with Crippen LogP contribution in [0.5, 0.6) is 0 Å². The molecule has 4 heteroatoms. The smallest absolute Gasteiger partial charge is 0.307 e. The highest BCUT2D eigenvalue weighted by Crippen LogP contribution is 2.63. The van der Waals surface area contributed by atoms with Crippen LogP contribution in [-0.2, 0) is 9.59 Å². The van der Waals surface area contributed by atoms with Gasteiger partial charge < -0.3 is 10.4 Å². The number of anilines is 1. The van der Waals surface area contributed by atoms with Gasteiger partial charge in [-0.3, -0.25) is 9.59 Å². The topological polar surface area (TPSA) is 66.4 Å². The number of allylic oxidation sites excluding steroid dienone is 2. The molecule has 0 saturated heterocycles. The van der Waals surface area contributed by atoms with Crippen LogP contribution in [0.2, 0.25) is 0 Å². The maximum Gasteiger partial charge on any atom is 0.307 e. The Labute approximate surface area is 129 Å². The van der Waals surface area contributed by atoms with Crippen molar-refractivity contribution in [2.45, 2.75) is 13.3 Å². The molecule has 114 valence electrons. The van der Waals surface area contributed by atoms with Crippen molar-refractivity contribution in [1.29, 1.82) is 0 Å². The van der Waals surface area contributed by atoms with Gasteiger partial charge >= 0.3 is 5.97 Å². The largest absolute Gasteiger partial charge is 0.481 e. The number of carboxylic acids is 1. The third-order valence-electron chi connectivity index (χ3n) is 5.56. The molecule has 4 nitrogen and oxygen atoms in total. The van der Waals surface area contributed by atoms with Crippen molar-refractivity contribution in [3.63, 3.8) is 0 Å². The van der Waals surface area contributed by atoms with E-state index in [0.717, 1.165) is 17.7 Å². The van der Waals surface area contributed by atoms with E-state index in [1.807, 2.05) is 37.3 Å². The van der Waals surface area contributed by atoms with Gasteiger partial charge in [0.2, 0.25) is 5.91 Å². The monoisotopic (exact) mass is 297 g/mol. The minimum Gasteiger partial charge on any atom is -0.481 e. The fourth-order valence-electron chi connectivity index (χ4n) is 4.43. The van der Waals surface area contributed by atoms with E-state index in [1.54, 1.807) is 0 Å². The molecule has 0 radical (unpaired) electrons. The average molecular weight is 297 g/mol. The van der Waals surface area contributed by atoms with Crippen LogP contribution in [0.4, 0.5) is 5.69 Å². The third kappa shape index (κ3) is 1.97. The molecule has 22 heavy (non-hydrogen) atoms. The summed E-state index contributed by atoms with van der Waals surface area (Å²) in [6, 6.07) is 7.60. The standard InChI is InChI=1S/C18H19NO3/c1-9-2-4-10(5-3-9)19-17(20)15-11-6-7-12(14-8-13(11)14)16(15)18(21)22/h2-7,11-16H,8H2,1H3,(H,19,20)(H,21,22)/t11-,12-,13-,14-,15+,16-/m0/s1. The van der Waals surface area contributed by atoms with Gasteiger partial charge in [0.25, 0.3) is 0 Å². The summed E-state index contributed by atoms with van der Waals surface area (Å²) in [6.07, 6.45) is 5.19. The Morgan fingerprint density at radius 3 is 2.23 bits per heavy atom. The number of hydrogen-bond donors (Lipinski definition) is 2. The van der Waals surface area contributed by atoms with Crippen LogP contribution in [0.25, 0.3) is 0 Å². The Balaban J connectivity index is 1.60. The Morgan fingerprint density at radius 2 is 1.64 bits per heavy atom. The van der Waals surface area contributed by atoms with Crippen LogP contribution in [0.15, 0.2) is 36.4 Å². The van der Waals surface area contributed by atoms with Gasteiger partial charge in [0.15, 0.2) is 0 Å². The molecule has 2 fully saturated rings. The molecule has 2 bridgehead atoms. The van der Waals surface area contributed by atoms with E-state index in [2.05, 4.69) is 11.4 Å². The molecular weight excluding hydrogens is 278 g/mol. The van der Waals surface area contributed by atoms with Gasteiger partial charge in [-0.15, -0.1) is 0 Å². The van der Waals surface area contributed by atoms with Gasteiger partial charge in [-0.1, -0.05) is 29.8 Å². The van der Waals surface area contributed by atoms with Crippen LogP contribution < -0.4 is 5.32 Å². The molecule has 6 atom stereocenters. The molecule has 0 heterocycles. The molecule has 2 saturated carbocycles. The van der Waals surface area contributed by atoms with Crippen LogP contribution >= 0.6 is 0 Å². The molecule has 2 N–H and O–H groups in total. The molecular formula is C18H19NO3. The highest BCUT2D eigenvalue weighted by Gasteiger charge is 2.62. The molecule has 1 aromatic carbocycles. The lowest BCUT2D eigenvalue weighted by Gasteiger charge is -2.41. The number of carboxylic acid groups (broad SMARTS) is 1. The molecule has 4 aliphatic carbocycles. The lowest BCUT2D eigenvalue weighted by Crippen LogP contribution is -2.48. The number of amides is 1. The number of hydrogen-bond acceptors (Lipinski definition) is 2. The van der Waals surface area contributed by atoms with E-state index >= 15 is 0 Å². The molecule has 1 amide bonds. The average Bonchev–Trinajstić information content (AvgIpc) is 3.30. The number of rotatable bonds is 3. The van der Waals surface area contributed by atoms with Crippen molar-refractivity contribution in [3.8, 4) is 0 Å². The van der Waals surface area contributed by atoms with Gasteiger partial charge in [0.1, 0.15) is 0 Å². The number of aryl methyl sites for hydroxylation is 1. The first kappa shape index (κ1) is 13.6. The fourth-order valence-corrected chi connectivity index (χ4v) is 4.43. The summed E-state index contributed by atoms with van der Waals surface area (Å²) in [7, 11) is 0. The first-order valence-electron chi connectivity index (χ1n) is 7.85. The third-order valence-corrected chi connectivity index (χ3v) is 5.56. The fraction of sp³-hybridized carbons (Fsp3) is 0.444. The van der Waals surface area contributed by atoms with Crippen LogP contribution in [0.1, 0.15) is 12.0 Å². The van der Waals surface area contributed by atoms with Crippen molar-refractivity contribution < 1.29 is 14.7 Å². The van der Waals surface area contributed by atoms with Crippen molar-refractivity contribution >= 4 is 17.6 Å². The summed E-state index contributed by atoms with van der Waals surface area (Å²) >= 11 is 0. The van der Waals surface area contributed by atoms with Crippen LogP contribution in [0.3, 0.4) is 0 Å². The normalized spacial score (nSPS) is 37.5. The summed E-state index contributed by atoms with van der Waals surface area (Å²) in [5, 5.41) is 12.5. The van der Waals surface area contributed by atoms with Gasteiger partial charge in [-0.25, -0.2) is 0 Å². The van der Waals surface area contributed by atoms with Gasteiger partial charge in [0.05, 0.1) is 11.8 Å². The van der Waals surface area contributed by atoms with E-state index in [0.29, 0.717) is 11.8 Å². The van der Waals surface area contributed by atoms with Crippen molar-refractivity contribution in [1.82, 2.24) is 0 Å². The zero-order valence-electron chi connectivity index (χ0n) is 12.4. The zero-order chi connectivity index (χ0) is 15.4. The lowest BCUT2D eigenvalue weighted by molar-refractivity contribution is -0.152. The molecule has 0 spiro atoms. The zero-order valence-corrected chi connectivity index (χ0v) is 12.4. The van der Waals surface area contributed by atoms with E-state index in [9.17, 15) is 14.7 Å².